The van der Waals surface area contributed by atoms with Crippen LogP contribution in [0.3, 0.4) is 0 Å². The highest BCUT2D eigenvalue weighted by Crippen LogP contribution is 2.28. The van der Waals surface area contributed by atoms with Gasteiger partial charge in [0, 0.05) is 24.4 Å². The Balaban J connectivity index is 2.14. The number of hydrogen-bond acceptors (Lipinski definition) is 2. The van der Waals surface area contributed by atoms with Gasteiger partial charge in [-0.15, -0.1) is 0 Å². The van der Waals surface area contributed by atoms with Crippen LogP contribution in [0.2, 0.25) is 0 Å². The first-order valence-corrected chi connectivity index (χ1v) is 7.65. The molecular formula is C19H22N2O. The minimum Gasteiger partial charge on any atom is -0.497 e. The molecule has 2 heterocycles. The average molecular weight is 294 g/mol. The zero-order valence-corrected chi connectivity index (χ0v) is 13.2. The summed E-state index contributed by atoms with van der Waals surface area (Å²) in [6.45, 7) is 2.85. The summed E-state index contributed by atoms with van der Waals surface area (Å²) in [5, 5.41) is 0. The minimum absolute atomic E-state index is 0.655. The molecule has 0 bridgehead atoms. The van der Waals surface area contributed by atoms with E-state index in [1.165, 1.54) is 27.9 Å². The summed E-state index contributed by atoms with van der Waals surface area (Å²) in [4.78, 5) is 0. The van der Waals surface area contributed by atoms with Crippen molar-refractivity contribution in [1.82, 2.24) is 4.40 Å². The molecule has 0 amide bonds. The van der Waals surface area contributed by atoms with E-state index in [0.29, 0.717) is 6.54 Å². The van der Waals surface area contributed by atoms with Crippen molar-refractivity contribution in [3.8, 4) is 5.75 Å². The molecule has 22 heavy (non-hydrogen) atoms. The van der Waals surface area contributed by atoms with E-state index < -0.39 is 0 Å². The van der Waals surface area contributed by atoms with E-state index in [1.54, 1.807) is 7.11 Å². The molecule has 3 heteroatoms. The van der Waals surface area contributed by atoms with Crippen LogP contribution in [0.5, 0.6) is 5.75 Å². The van der Waals surface area contributed by atoms with Gasteiger partial charge in [-0.05, 0) is 42.6 Å². The standard InChI is InChI=1S/C19H22N2O/c1-14-17(8-10-20)19-13-16(22-2)9-11-21(19)18(14)12-15-6-4-3-5-7-15/h3-7,9,11,13H,8,10,12,20H2,1-2H3. The number of ether oxygens (including phenoxy) is 1. The summed E-state index contributed by atoms with van der Waals surface area (Å²) in [5.41, 5.74) is 12.3. The van der Waals surface area contributed by atoms with Gasteiger partial charge in [0.25, 0.3) is 0 Å². The Bertz CT molecular complexity index is 775. The fourth-order valence-corrected chi connectivity index (χ4v) is 3.09. The van der Waals surface area contributed by atoms with E-state index in [2.05, 4.69) is 53.9 Å². The van der Waals surface area contributed by atoms with Crippen LogP contribution in [-0.4, -0.2) is 18.1 Å². The minimum atomic E-state index is 0.655. The molecule has 0 fully saturated rings. The maximum Gasteiger partial charge on any atom is 0.122 e. The van der Waals surface area contributed by atoms with Gasteiger partial charge in [-0.1, -0.05) is 30.3 Å². The van der Waals surface area contributed by atoms with Crippen molar-refractivity contribution in [3.63, 3.8) is 0 Å². The maximum absolute atomic E-state index is 5.81. The lowest BCUT2D eigenvalue weighted by Crippen LogP contribution is -2.03. The molecule has 0 aliphatic rings. The molecule has 3 nitrogen and oxygen atoms in total. The lowest BCUT2D eigenvalue weighted by molar-refractivity contribution is 0.414. The zero-order chi connectivity index (χ0) is 15.5. The maximum atomic E-state index is 5.81. The molecule has 0 saturated carbocycles. The third-order valence-corrected chi connectivity index (χ3v) is 4.26. The van der Waals surface area contributed by atoms with Crippen molar-refractivity contribution in [1.29, 1.82) is 0 Å². The molecule has 3 aromatic rings. The number of nitrogens with zero attached hydrogens (tertiary/aromatic N) is 1. The largest absolute Gasteiger partial charge is 0.497 e. The fraction of sp³-hybridized carbons (Fsp3) is 0.263. The van der Waals surface area contributed by atoms with Crippen molar-refractivity contribution >= 4 is 5.52 Å². The molecule has 0 saturated heterocycles. The number of methoxy groups -OCH3 is 1. The molecule has 0 aliphatic heterocycles. The third kappa shape index (κ3) is 2.60. The van der Waals surface area contributed by atoms with Gasteiger partial charge in [0.15, 0.2) is 0 Å². The molecule has 2 N–H and O–H groups in total. The second kappa shape index (κ2) is 6.24. The number of fused-ring (bicyclic) bond motifs is 1. The Kier molecular flexibility index (Phi) is 4.16. The van der Waals surface area contributed by atoms with Gasteiger partial charge in [0.05, 0.1) is 12.6 Å². The Hall–Kier alpha value is -2.26. The van der Waals surface area contributed by atoms with Crippen molar-refractivity contribution in [2.24, 2.45) is 5.73 Å². The van der Waals surface area contributed by atoms with Crippen LogP contribution in [0.15, 0.2) is 48.7 Å². The summed E-state index contributed by atoms with van der Waals surface area (Å²) in [5.74, 6) is 0.884. The Morgan fingerprint density at radius 2 is 1.91 bits per heavy atom. The first-order valence-electron chi connectivity index (χ1n) is 7.65. The van der Waals surface area contributed by atoms with Crippen molar-refractivity contribution in [2.75, 3.05) is 13.7 Å². The number of hydrogen-bond donors (Lipinski definition) is 1. The highest BCUT2D eigenvalue weighted by Gasteiger charge is 2.15. The van der Waals surface area contributed by atoms with Crippen LogP contribution in [0.4, 0.5) is 0 Å². The Morgan fingerprint density at radius 1 is 1.14 bits per heavy atom. The predicted molar refractivity (Wildman–Crippen MR) is 90.7 cm³/mol. The van der Waals surface area contributed by atoms with Crippen LogP contribution in [0.1, 0.15) is 22.4 Å². The quantitative estimate of drug-likeness (QED) is 0.784. The molecule has 0 unspecified atom stereocenters. The monoisotopic (exact) mass is 294 g/mol. The summed E-state index contributed by atoms with van der Waals surface area (Å²) < 4.78 is 7.65. The van der Waals surface area contributed by atoms with Gasteiger partial charge in [-0.25, -0.2) is 0 Å². The highest BCUT2D eigenvalue weighted by molar-refractivity contribution is 5.64. The van der Waals surface area contributed by atoms with E-state index in [0.717, 1.165) is 18.6 Å². The van der Waals surface area contributed by atoms with Crippen LogP contribution in [-0.2, 0) is 12.8 Å². The molecule has 2 aromatic heterocycles. The van der Waals surface area contributed by atoms with E-state index in [4.69, 9.17) is 10.5 Å². The fourth-order valence-electron chi connectivity index (χ4n) is 3.09. The van der Waals surface area contributed by atoms with E-state index in [9.17, 15) is 0 Å². The summed E-state index contributed by atoms with van der Waals surface area (Å²) in [7, 11) is 1.70. The van der Waals surface area contributed by atoms with Crippen LogP contribution < -0.4 is 10.5 Å². The van der Waals surface area contributed by atoms with Gasteiger partial charge in [-0.3, -0.25) is 0 Å². The molecule has 0 radical (unpaired) electrons. The molecule has 114 valence electrons. The van der Waals surface area contributed by atoms with Crippen molar-refractivity contribution < 1.29 is 4.74 Å². The first-order chi connectivity index (χ1) is 10.7. The molecule has 1 aromatic carbocycles. The van der Waals surface area contributed by atoms with Crippen LogP contribution in [0, 0.1) is 6.92 Å². The second-order valence-corrected chi connectivity index (χ2v) is 5.57. The molecule has 0 aliphatic carbocycles. The van der Waals surface area contributed by atoms with E-state index in [-0.39, 0.29) is 0 Å². The zero-order valence-electron chi connectivity index (χ0n) is 13.2. The van der Waals surface area contributed by atoms with E-state index >= 15 is 0 Å². The lowest BCUT2D eigenvalue weighted by atomic mass is 10.0. The van der Waals surface area contributed by atoms with Gasteiger partial charge in [-0.2, -0.15) is 0 Å². The Labute approximate surface area is 131 Å². The normalized spacial score (nSPS) is 11.0. The topological polar surface area (TPSA) is 39.7 Å². The average Bonchev–Trinajstić information content (AvgIpc) is 2.81. The molecule has 3 rings (SSSR count). The third-order valence-electron chi connectivity index (χ3n) is 4.26. The summed E-state index contributed by atoms with van der Waals surface area (Å²) in [6, 6.07) is 14.7. The van der Waals surface area contributed by atoms with Gasteiger partial charge < -0.3 is 14.9 Å². The van der Waals surface area contributed by atoms with Gasteiger partial charge in [0.2, 0.25) is 0 Å². The van der Waals surface area contributed by atoms with Crippen LogP contribution >= 0.6 is 0 Å². The summed E-state index contributed by atoms with van der Waals surface area (Å²) in [6.07, 6.45) is 3.90. The SMILES string of the molecule is COc1ccn2c(Cc3ccccc3)c(C)c(CCN)c2c1. The second-order valence-electron chi connectivity index (χ2n) is 5.57. The number of rotatable bonds is 5. The highest BCUT2D eigenvalue weighted by atomic mass is 16.5. The Morgan fingerprint density at radius 3 is 2.59 bits per heavy atom. The lowest BCUT2D eigenvalue weighted by Gasteiger charge is -2.06. The van der Waals surface area contributed by atoms with Crippen LogP contribution in [0.25, 0.3) is 5.52 Å². The van der Waals surface area contributed by atoms with Gasteiger partial charge >= 0.3 is 0 Å². The first kappa shape index (κ1) is 14.7. The number of nitrogens with two attached hydrogens (primary N) is 1. The van der Waals surface area contributed by atoms with Crippen molar-refractivity contribution in [3.05, 3.63) is 71.0 Å². The smallest absolute Gasteiger partial charge is 0.122 e. The number of benzene rings is 1. The molecule has 0 spiro atoms. The molecule has 0 atom stereocenters. The number of aromatic nitrogens is 1. The predicted octanol–water partition coefficient (Wildman–Crippen LogP) is 3.35. The van der Waals surface area contributed by atoms with E-state index in [1.807, 2.05) is 6.07 Å². The van der Waals surface area contributed by atoms with Gasteiger partial charge in [0.1, 0.15) is 5.75 Å². The summed E-state index contributed by atoms with van der Waals surface area (Å²) >= 11 is 0. The van der Waals surface area contributed by atoms with Crippen molar-refractivity contribution in [2.45, 2.75) is 19.8 Å². The molecular weight excluding hydrogens is 272 g/mol. The number of pyridine rings is 1.